The summed E-state index contributed by atoms with van der Waals surface area (Å²) in [7, 11) is -3.40. The van der Waals surface area contributed by atoms with E-state index in [1.807, 2.05) is 19.1 Å². The van der Waals surface area contributed by atoms with Gasteiger partial charge in [-0.25, -0.2) is 0 Å². The summed E-state index contributed by atoms with van der Waals surface area (Å²) in [4.78, 5) is 2.43. The summed E-state index contributed by atoms with van der Waals surface area (Å²) in [5, 5.41) is 0. The lowest BCUT2D eigenvalue weighted by Gasteiger charge is -2.37. The van der Waals surface area contributed by atoms with Crippen LogP contribution in [0.2, 0.25) is 0 Å². The molecular formula is C16H25N3O3S. The highest BCUT2D eigenvalue weighted by Gasteiger charge is 2.42. The van der Waals surface area contributed by atoms with Crippen molar-refractivity contribution in [1.82, 2.24) is 13.5 Å². The first-order valence-corrected chi connectivity index (χ1v) is 10.0. The molecule has 3 heterocycles. The Balaban J connectivity index is 1.48. The summed E-state index contributed by atoms with van der Waals surface area (Å²) in [6.45, 7) is 5.44. The molecule has 0 aromatic carbocycles. The fraction of sp³-hybridized carbons (Fsp3) is 0.750. The van der Waals surface area contributed by atoms with Crippen molar-refractivity contribution >= 4 is 10.2 Å². The quantitative estimate of drug-likeness (QED) is 0.839. The smallest absolute Gasteiger partial charge is 0.282 e. The molecule has 0 radical (unpaired) electrons. The zero-order valence-electron chi connectivity index (χ0n) is 13.6. The zero-order valence-corrected chi connectivity index (χ0v) is 14.5. The van der Waals surface area contributed by atoms with Crippen molar-refractivity contribution in [1.29, 1.82) is 0 Å². The molecule has 4 rings (SSSR count). The van der Waals surface area contributed by atoms with E-state index in [1.54, 1.807) is 8.61 Å². The first-order valence-electron chi connectivity index (χ1n) is 8.63. The number of rotatable bonds is 4. The molecule has 0 N–H and O–H groups in total. The number of piperazine rings is 1. The molecule has 0 bridgehead atoms. The van der Waals surface area contributed by atoms with Gasteiger partial charge in [0.25, 0.3) is 10.2 Å². The Morgan fingerprint density at radius 2 is 1.78 bits per heavy atom. The maximum absolute atomic E-state index is 13.1. The molecule has 0 amide bonds. The van der Waals surface area contributed by atoms with Crippen LogP contribution >= 0.6 is 0 Å². The van der Waals surface area contributed by atoms with E-state index in [4.69, 9.17) is 4.42 Å². The minimum atomic E-state index is -3.40. The van der Waals surface area contributed by atoms with Crippen LogP contribution in [0.4, 0.5) is 0 Å². The van der Waals surface area contributed by atoms with Crippen LogP contribution in [0.25, 0.3) is 0 Å². The van der Waals surface area contributed by atoms with Crippen molar-refractivity contribution in [2.45, 2.75) is 44.7 Å². The Morgan fingerprint density at radius 3 is 2.39 bits per heavy atom. The summed E-state index contributed by atoms with van der Waals surface area (Å²) in [6.07, 6.45) is 4.29. The summed E-state index contributed by atoms with van der Waals surface area (Å²) < 4.78 is 35.1. The van der Waals surface area contributed by atoms with E-state index >= 15 is 0 Å². The van der Waals surface area contributed by atoms with Crippen LogP contribution in [0.3, 0.4) is 0 Å². The lowest BCUT2D eigenvalue weighted by Crippen LogP contribution is -2.53. The van der Waals surface area contributed by atoms with Crippen LogP contribution in [0, 0.1) is 6.92 Å². The van der Waals surface area contributed by atoms with Crippen LogP contribution in [0.5, 0.6) is 0 Å². The van der Waals surface area contributed by atoms with Gasteiger partial charge in [-0.15, -0.1) is 0 Å². The van der Waals surface area contributed by atoms with Crippen molar-refractivity contribution < 1.29 is 12.8 Å². The Kier molecular flexibility index (Phi) is 3.99. The highest BCUT2D eigenvalue weighted by atomic mass is 32.2. The molecule has 3 aliphatic rings. The molecule has 2 saturated heterocycles. The van der Waals surface area contributed by atoms with Gasteiger partial charge in [-0.1, -0.05) is 0 Å². The van der Waals surface area contributed by atoms with Crippen LogP contribution in [-0.2, 0) is 10.2 Å². The standard InChI is InChI=1S/C16H25N3O3S/c1-13-4-7-16(22-13)15-3-2-8-19(15)23(20,21)18-11-9-17(10-12-18)14-5-6-14/h4,7,14-15H,2-3,5-6,8-12H2,1H3. The van der Waals surface area contributed by atoms with Gasteiger partial charge >= 0.3 is 0 Å². The van der Waals surface area contributed by atoms with Crippen molar-refractivity contribution in [3.8, 4) is 0 Å². The monoisotopic (exact) mass is 339 g/mol. The fourth-order valence-corrected chi connectivity index (χ4v) is 5.63. The predicted octanol–water partition coefficient (Wildman–Crippen LogP) is 1.75. The summed E-state index contributed by atoms with van der Waals surface area (Å²) >= 11 is 0. The second-order valence-electron chi connectivity index (χ2n) is 6.89. The molecule has 23 heavy (non-hydrogen) atoms. The second-order valence-corrected chi connectivity index (χ2v) is 8.77. The second kappa shape index (κ2) is 5.88. The minimum Gasteiger partial charge on any atom is -0.465 e. The van der Waals surface area contributed by atoms with Gasteiger partial charge in [0.05, 0.1) is 6.04 Å². The summed E-state index contributed by atoms with van der Waals surface area (Å²) in [6, 6.07) is 4.40. The fourth-order valence-electron chi connectivity index (χ4n) is 3.82. The number of nitrogens with zero attached hydrogens (tertiary/aromatic N) is 3. The van der Waals surface area contributed by atoms with Gasteiger partial charge in [0.2, 0.25) is 0 Å². The first-order chi connectivity index (χ1) is 11.1. The molecule has 2 aliphatic heterocycles. The van der Waals surface area contributed by atoms with Gasteiger partial charge in [-0.3, -0.25) is 4.90 Å². The molecule has 1 aliphatic carbocycles. The average Bonchev–Trinajstić information content (AvgIpc) is 3.10. The topological polar surface area (TPSA) is 57.0 Å². The molecule has 1 saturated carbocycles. The average molecular weight is 339 g/mol. The first kappa shape index (κ1) is 15.6. The Hall–Kier alpha value is -0.890. The Morgan fingerprint density at radius 1 is 1.04 bits per heavy atom. The maximum atomic E-state index is 13.1. The molecular weight excluding hydrogens is 314 g/mol. The lowest BCUT2D eigenvalue weighted by molar-refractivity contribution is 0.172. The van der Waals surface area contributed by atoms with Gasteiger partial charge in [0.15, 0.2) is 0 Å². The molecule has 7 heteroatoms. The van der Waals surface area contributed by atoms with Gasteiger partial charge in [0.1, 0.15) is 11.5 Å². The van der Waals surface area contributed by atoms with Crippen molar-refractivity contribution in [2.75, 3.05) is 32.7 Å². The van der Waals surface area contributed by atoms with Gasteiger partial charge in [-0.2, -0.15) is 17.0 Å². The van der Waals surface area contributed by atoms with Gasteiger partial charge < -0.3 is 4.42 Å². The summed E-state index contributed by atoms with van der Waals surface area (Å²) in [5.41, 5.74) is 0. The number of hydrogen-bond acceptors (Lipinski definition) is 4. The van der Waals surface area contributed by atoms with E-state index in [9.17, 15) is 8.42 Å². The van der Waals surface area contributed by atoms with Crippen molar-refractivity contribution in [3.05, 3.63) is 23.7 Å². The molecule has 1 atom stereocenters. The number of furan rings is 1. The van der Waals surface area contributed by atoms with E-state index < -0.39 is 10.2 Å². The molecule has 6 nitrogen and oxygen atoms in total. The van der Waals surface area contributed by atoms with Crippen LogP contribution in [-0.4, -0.2) is 60.7 Å². The minimum absolute atomic E-state index is 0.143. The lowest BCUT2D eigenvalue weighted by atomic mass is 10.2. The summed E-state index contributed by atoms with van der Waals surface area (Å²) in [5.74, 6) is 1.61. The van der Waals surface area contributed by atoms with Gasteiger partial charge in [0, 0.05) is 38.8 Å². The largest absolute Gasteiger partial charge is 0.465 e. The normalized spacial score (nSPS) is 28.5. The molecule has 1 aromatic heterocycles. The van der Waals surface area contributed by atoms with E-state index in [1.165, 1.54) is 12.8 Å². The molecule has 0 spiro atoms. The van der Waals surface area contributed by atoms with Crippen LogP contribution in [0.15, 0.2) is 16.5 Å². The molecule has 1 aromatic rings. The van der Waals surface area contributed by atoms with Gasteiger partial charge in [-0.05, 0) is 44.7 Å². The highest BCUT2D eigenvalue weighted by Crippen LogP contribution is 2.36. The maximum Gasteiger partial charge on any atom is 0.282 e. The zero-order chi connectivity index (χ0) is 16.0. The SMILES string of the molecule is Cc1ccc(C2CCCN2S(=O)(=O)N2CCN(C3CC3)CC2)o1. The van der Waals surface area contributed by atoms with Crippen molar-refractivity contribution in [2.24, 2.45) is 0 Å². The van der Waals surface area contributed by atoms with E-state index in [2.05, 4.69) is 4.90 Å². The highest BCUT2D eigenvalue weighted by molar-refractivity contribution is 7.86. The molecule has 1 unspecified atom stereocenters. The Labute approximate surface area is 138 Å². The number of aryl methyl sites for hydroxylation is 1. The third-order valence-electron chi connectivity index (χ3n) is 5.25. The predicted molar refractivity (Wildman–Crippen MR) is 87.2 cm³/mol. The van der Waals surface area contributed by atoms with E-state index in [0.717, 1.165) is 37.5 Å². The van der Waals surface area contributed by atoms with Crippen molar-refractivity contribution in [3.63, 3.8) is 0 Å². The number of hydrogen-bond donors (Lipinski definition) is 0. The third-order valence-corrected chi connectivity index (χ3v) is 7.30. The molecule has 128 valence electrons. The Bertz CT molecular complexity index is 660. The molecule has 3 fully saturated rings. The van der Waals surface area contributed by atoms with Crippen LogP contribution < -0.4 is 0 Å². The van der Waals surface area contributed by atoms with E-state index in [0.29, 0.717) is 25.7 Å². The van der Waals surface area contributed by atoms with Crippen LogP contribution in [0.1, 0.15) is 43.2 Å². The third kappa shape index (κ3) is 2.95. The van der Waals surface area contributed by atoms with E-state index in [-0.39, 0.29) is 6.04 Å².